The first-order chi connectivity index (χ1) is 16.2. The number of aromatic nitrogens is 4. The Bertz CT molecular complexity index is 1330. The number of hydrogen-bond acceptors (Lipinski definition) is 5. The van der Waals surface area contributed by atoms with E-state index in [0.29, 0.717) is 29.3 Å². The molecule has 2 aromatic carbocycles. The first kappa shape index (κ1) is 21.7. The molecule has 8 heteroatoms. The van der Waals surface area contributed by atoms with Crippen LogP contribution in [0.2, 0.25) is 0 Å². The van der Waals surface area contributed by atoms with Crippen molar-refractivity contribution in [1.82, 2.24) is 24.5 Å². The highest BCUT2D eigenvalue weighted by atomic mass is 32.2. The minimum Gasteiger partial charge on any atom is -0.353 e. The second kappa shape index (κ2) is 9.79. The van der Waals surface area contributed by atoms with Crippen molar-refractivity contribution in [1.29, 1.82) is 0 Å². The molecule has 0 atom stereocenters. The molecule has 0 radical (unpaired) electrons. The standard InChI is InChI=1S/C25H27N5O2S/c31-22(26-19-11-5-2-6-12-19)17-33-25-28-27-24-29(16-15-18-9-3-1-4-10-18)23(32)20-13-7-8-14-21(20)30(24)25/h1,3-4,7-10,13-14,19H,2,5-6,11-12,15-17H2,(H,26,31). The van der Waals surface area contributed by atoms with Crippen LogP contribution in [0.15, 0.2) is 64.5 Å². The zero-order valence-electron chi connectivity index (χ0n) is 18.4. The molecule has 5 rings (SSSR count). The van der Waals surface area contributed by atoms with Crippen LogP contribution >= 0.6 is 11.8 Å². The fraction of sp³-hybridized carbons (Fsp3) is 0.360. The summed E-state index contributed by atoms with van der Waals surface area (Å²) in [4.78, 5) is 25.8. The molecule has 1 saturated carbocycles. The van der Waals surface area contributed by atoms with E-state index >= 15 is 0 Å². The Balaban J connectivity index is 1.43. The second-order valence-electron chi connectivity index (χ2n) is 8.52. The molecule has 1 N–H and O–H groups in total. The molecule has 4 aromatic rings. The van der Waals surface area contributed by atoms with Gasteiger partial charge in [-0.25, -0.2) is 0 Å². The molecule has 0 aliphatic heterocycles. The van der Waals surface area contributed by atoms with Crippen molar-refractivity contribution >= 4 is 34.3 Å². The molecule has 1 aliphatic carbocycles. The Morgan fingerprint density at radius 1 is 1.00 bits per heavy atom. The molecule has 2 heterocycles. The van der Waals surface area contributed by atoms with Crippen molar-refractivity contribution in [2.45, 2.75) is 56.3 Å². The summed E-state index contributed by atoms with van der Waals surface area (Å²) in [5, 5.41) is 13.1. The van der Waals surface area contributed by atoms with Crippen LogP contribution in [0, 0.1) is 0 Å². The first-order valence-electron chi connectivity index (χ1n) is 11.5. The van der Waals surface area contributed by atoms with Crippen molar-refractivity contribution in [3.63, 3.8) is 0 Å². The highest BCUT2D eigenvalue weighted by Crippen LogP contribution is 2.22. The molecule has 1 aliphatic rings. The fourth-order valence-electron chi connectivity index (χ4n) is 4.56. The summed E-state index contributed by atoms with van der Waals surface area (Å²) in [7, 11) is 0. The lowest BCUT2D eigenvalue weighted by Crippen LogP contribution is -2.37. The van der Waals surface area contributed by atoms with Crippen LogP contribution in [0.1, 0.15) is 37.7 Å². The third-order valence-electron chi connectivity index (χ3n) is 6.25. The fourth-order valence-corrected chi connectivity index (χ4v) is 5.31. The number of amides is 1. The molecule has 7 nitrogen and oxygen atoms in total. The normalized spacial score (nSPS) is 14.7. The largest absolute Gasteiger partial charge is 0.353 e. The van der Waals surface area contributed by atoms with E-state index in [1.54, 1.807) is 4.57 Å². The predicted molar refractivity (Wildman–Crippen MR) is 131 cm³/mol. The van der Waals surface area contributed by atoms with Gasteiger partial charge < -0.3 is 5.32 Å². The number of para-hydroxylation sites is 1. The van der Waals surface area contributed by atoms with E-state index in [1.165, 1.54) is 31.0 Å². The van der Waals surface area contributed by atoms with Gasteiger partial charge in [-0.2, -0.15) is 0 Å². The van der Waals surface area contributed by atoms with Gasteiger partial charge in [0, 0.05) is 12.6 Å². The van der Waals surface area contributed by atoms with Gasteiger partial charge in [0.15, 0.2) is 5.16 Å². The van der Waals surface area contributed by atoms with E-state index in [1.807, 2.05) is 46.9 Å². The summed E-state index contributed by atoms with van der Waals surface area (Å²) >= 11 is 1.36. The second-order valence-corrected chi connectivity index (χ2v) is 9.46. The SMILES string of the molecule is O=C(CSc1nnc2n(CCc3ccccc3)c(=O)c3ccccc3n12)NC1CCCCC1. The Morgan fingerprint density at radius 3 is 2.58 bits per heavy atom. The Hall–Kier alpha value is -3.13. The summed E-state index contributed by atoms with van der Waals surface area (Å²) in [5.41, 5.74) is 1.84. The molecule has 2 aromatic heterocycles. The quantitative estimate of drug-likeness (QED) is 0.423. The Morgan fingerprint density at radius 2 is 1.76 bits per heavy atom. The molecule has 170 valence electrons. The van der Waals surface area contributed by atoms with Crippen LogP contribution in [0.4, 0.5) is 0 Å². The number of carbonyl (C=O) groups is 1. The van der Waals surface area contributed by atoms with Gasteiger partial charge in [-0.15, -0.1) is 10.2 Å². The maximum absolute atomic E-state index is 13.3. The average molecular weight is 462 g/mol. The number of nitrogens with one attached hydrogen (secondary N) is 1. The van der Waals surface area contributed by atoms with Crippen LogP contribution < -0.4 is 10.9 Å². The van der Waals surface area contributed by atoms with Gasteiger partial charge in [-0.1, -0.05) is 73.5 Å². The van der Waals surface area contributed by atoms with Crippen molar-refractivity contribution in [3.8, 4) is 0 Å². The number of rotatable bonds is 7. The van der Waals surface area contributed by atoms with Gasteiger partial charge in [0.1, 0.15) is 0 Å². The molecular weight excluding hydrogens is 434 g/mol. The summed E-state index contributed by atoms with van der Waals surface area (Å²) in [6.07, 6.45) is 6.45. The molecule has 0 unspecified atom stereocenters. The topological polar surface area (TPSA) is 81.3 Å². The first-order valence-corrected chi connectivity index (χ1v) is 12.5. The zero-order valence-corrected chi connectivity index (χ0v) is 19.3. The molecule has 0 bridgehead atoms. The average Bonchev–Trinajstić information content (AvgIpc) is 3.28. The van der Waals surface area contributed by atoms with Gasteiger partial charge >= 0.3 is 0 Å². The van der Waals surface area contributed by atoms with E-state index in [9.17, 15) is 9.59 Å². The van der Waals surface area contributed by atoms with Gasteiger partial charge in [0.2, 0.25) is 11.7 Å². The van der Waals surface area contributed by atoms with Crippen LogP contribution in [-0.4, -0.2) is 36.9 Å². The summed E-state index contributed by atoms with van der Waals surface area (Å²) < 4.78 is 3.59. The molecule has 0 saturated heterocycles. The Labute approximate surface area is 196 Å². The maximum Gasteiger partial charge on any atom is 0.262 e. The van der Waals surface area contributed by atoms with Crippen molar-refractivity contribution in [2.24, 2.45) is 0 Å². The summed E-state index contributed by atoms with van der Waals surface area (Å²) in [6.45, 7) is 0.502. The number of benzene rings is 2. The monoisotopic (exact) mass is 461 g/mol. The minimum atomic E-state index is -0.0759. The van der Waals surface area contributed by atoms with Crippen LogP contribution in [0.25, 0.3) is 16.7 Å². The third kappa shape index (κ3) is 4.66. The van der Waals surface area contributed by atoms with Crippen LogP contribution in [-0.2, 0) is 17.8 Å². The maximum atomic E-state index is 13.3. The zero-order chi connectivity index (χ0) is 22.6. The highest BCUT2D eigenvalue weighted by Gasteiger charge is 2.19. The van der Waals surface area contributed by atoms with E-state index in [4.69, 9.17) is 0 Å². The molecular formula is C25H27N5O2S. The van der Waals surface area contributed by atoms with Crippen molar-refractivity contribution < 1.29 is 4.79 Å². The van der Waals surface area contributed by atoms with E-state index < -0.39 is 0 Å². The number of carbonyl (C=O) groups excluding carboxylic acids is 1. The van der Waals surface area contributed by atoms with Gasteiger partial charge in [-0.3, -0.25) is 18.6 Å². The van der Waals surface area contributed by atoms with E-state index in [-0.39, 0.29) is 23.3 Å². The smallest absolute Gasteiger partial charge is 0.262 e. The van der Waals surface area contributed by atoms with Gasteiger partial charge in [0.05, 0.1) is 16.7 Å². The molecule has 33 heavy (non-hydrogen) atoms. The Kier molecular flexibility index (Phi) is 6.44. The summed E-state index contributed by atoms with van der Waals surface area (Å²) in [6, 6.07) is 17.9. The van der Waals surface area contributed by atoms with E-state index in [0.717, 1.165) is 23.9 Å². The lowest BCUT2D eigenvalue weighted by molar-refractivity contribution is -0.119. The number of fused-ring (bicyclic) bond motifs is 3. The van der Waals surface area contributed by atoms with Crippen LogP contribution in [0.3, 0.4) is 0 Å². The number of thioether (sulfide) groups is 1. The minimum absolute atomic E-state index is 0.0188. The van der Waals surface area contributed by atoms with Gasteiger partial charge in [0.25, 0.3) is 5.56 Å². The number of hydrogen-bond donors (Lipinski definition) is 1. The highest BCUT2D eigenvalue weighted by molar-refractivity contribution is 7.99. The lowest BCUT2D eigenvalue weighted by Gasteiger charge is -2.22. The predicted octanol–water partition coefficient (Wildman–Crippen LogP) is 3.83. The molecule has 0 spiro atoms. The lowest BCUT2D eigenvalue weighted by atomic mass is 9.95. The molecule has 1 fully saturated rings. The van der Waals surface area contributed by atoms with Gasteiger partial charge in [-0.05, 0) is 37.0 Å². The number of nitrogens with zero attached hydrogens (tertiary/aromatic N) is 4. The molecule has 1 amide bonds. The van der Waals surface area contributed by atoms with Crippen molar-refractivity contribution in [2.75, 3.05) is 5.75 Å². The summed E-state index contributed by atoms with van der Waals surface area (Å²) in [5.74, 6) is 0.796. The number of aryl methyl sites for hydroxylation is 2. The van der Waals surface area contributed by atoms with Crippen LogP contribution in [0.5, 0.6) is 0 Å². The third-order valence-corrected chi connectivity index (χ3v) is 7.18. The van der Waals surface area contributed by atoms with E-state index in [2.05, 4.69) is 27.6 Å². The van der Waals surface area contributed by atoms with Crippen molar-refractivity contribution in [3.05, 3.63) is 70.5 Å².